The Labute approximate surface area is 161 Å². The highest BCUT2D eigenvalue weighted by Gasteiger charge is 2.04. The van der Waals surface area contributed by atoms with Gasteiger partial charge in [0.25, 0.3) is 0 Å². The smallest absolute Gasteiger partial charge is 0.249 e. The van der Waals surface area contributed by atoms with Gasteiger partial charge in [-0.05, 0) is 36.4 Å². The third-order valence-corrected chi connectivity index (χ3v) is 3.45. The number of carbonyl (C=O) groups is 2. The molecule has 0 bridgehead atoms. The first kappa shape index (κ1) is 18.8. The number of hydrogen-bond donors (Lipinski definition) is 4. The van der Waals surface area contributed by atoms with E-state index in [-0.39, 0.29) is 11.8 Å². The molecule has 0 fully saturated rings. The fourth-order valence-electron chi connectivity index (χ4n) is 2.45. The first-order chi connectivity index (χ1) is 13.5. The molecular formula is C19H19N7O2. The van der Waals surface area contributed by atoms with Crippen molar-refractivity contribution in [2.75, 3.05) is 21.3 Å². The van der Waals surface area contributed by atoms with Crippen LogP contribution in [0.15, 0.2) is 54.7 Å². The SMILES string of the molecule is CC(=O)Nc1cccc(Nc2cnnc(Nc3cccc(NC(C)=O)c3)n2)c1. The van der Waals surface area contributed by atoms with Crippen molar-refractivity contribution in [3.05, 3.63) is 54.7 Å². The van der Waals surface area contributed by atoms with Crippen LogP contribution >= 0.6 is 0 Å². The Morgan fingerprint density at radius 1 is 0.786 bits per heavy atom. The molecular weight excluding hydrogens is 358 g/mol. The second-order valence-electron chi connectivity index (χ2n) is 5.94. The Hall–Kier alpha value is -4.01. The maximum atomic E-state index is 11.2. The Balaban J connectivity index is 1.72. The summed E-state index contributed by atoms with van der Waals surface area (Å²) in [5.41, 5.74) is 2.78. The zero-order valence-electron chi connectivity index (χ0n) is 15.4. The van der Waals surface area contributed by atoms with E-state index in [1.165, 1.54) is 20.0 Å². The van der Waals surface area contributed by atoms with E-state index >= 15 is 0 Å². The van der Waals surface area contributed by atoms with Gasteiger partial charge in [-0.15, -0.1) is 5.10 Å². The highest BCUT2D eigenvalue weighted by molar-refractivity contribution is 5.90. The molecule has 0 spiro atoms. The van der Waals surface area contributed by atoms with Crippen molar-refractivity contribution in [3.63, 3.8) is 0 Å². The number of nitrogens with one attached hydrogen (secondary N) is 4. The van der Waals surface area contributed by atoms with E-state index in [4.69, 9.17) is 0 Å². The minimum Gasteiger partial charge on any atom is -0.339 e. The van der Waals surface area contributed by atoms with E-state index < -0.39 is 0 Å². The maximum Gasteiger partial charge on any atom is 0.249 e. The molecule has 0 aliphatic carbocycles. The summed E-state index contributed by atoms with van der Waals surface area (Å²) < 4.78 is 0. The summed E-state index contributed by atoms with van der Waals surface area (Å²) in [6.07, 6.45) is 1.49. The summed E-state index contributed by atoms with van der Waals surface area (Å²) in [6.45, 7) is 2.90. The lowest BCUT2D eigenvalue weighted by atomic mass is 10.2. The molecule has 1 heterocycles. The summed E-state index contributed by atoms with van der Waals surface area (Å²) in [4.78, 5) is 26.8. The zero-order chi connectivity index (χ0) is 19.9. The van der Waals surface area contributed by atoms with Crippen molar-refractivity contribution in [1.29, 1.82) is 0 Å². The average Bonchev–Trinajstić information content (AvgIpc) is 2.61. The Kier molecular flexibility index (Phi) is 5.75. The molecule has 28 heavy (non-hydrogen) atoms. The van der Waals surface area contributed by atoms with Gasteiger partial charge in [0.15, 0.2) is 5.82 Å². The second kappa shape index (κ2) is 8.58. The van der Waals surface area contributed by atoms with Crippen LogP contribution < -0.4 is 21.3 Å². The van der Waals surface area contributed by atoms with Crippen molar-refractivity contribution in [2.24, 2.45) is 0 Å². The van der Waals surface area contributed by atoms with Crippen LogP contribution in [0, 0.1) is 0 Å². The number of aromatic nitrogens is 3. The quantitative estimate of drug-likeness (QED) is 0.520. The van der Waals surface area contributed by atoms with Crippen molar-refractivity contribution < 1.29 is 9.59 Å². The molecule has 3 aromatic rings. The molecule has 1 aromatic heterocycles. The predicted octanol–water partition coefficient (Wildman–Crippen LogP) is 3.28. The maximum absolute atomic E-state index is 11.2. The monoisotopic (exact) mass is 377 g/mol. The van der Waals surface area contributed by atoms with Gasteiger partial charge >= 0.3 is 0 Å². The summed E-state index contributed by atoms with van der Waals surface area (Å²) in [5, 5.41) is 19.5. The predicted molar refractivity (Wildman–Crippen MR) is 108 cm³/mol. The fourth-order valence-corrected chi connectivity index (χ4v) is 2.45. The molecule has 0 saturated heterocycles. The van der Waals surface area contributed by atoms with Crippen molar-refractivity contribution in [1.82, 2.24) is 15.2 Å². The third-order valence-electron chi connectivity index (χ3n) is 3.45. The minimum atomic E-state index is -0.150. The van der Waals surface area contributed by atoms with Gasteiger partial charge in [-0.25, -0.2) is 0 Å². The number of benzene rings is 2. The van der Waals surface area contributed by atoms with Gasteiger partial charge in [0.1, 0.15) is 0 Å². The van der Waals surface area contributed by atoms with Gasteiger partial charge in [0.2, 0.25) is 17.8 Å². The van der Waals surface area contributed by atoms with Crippen LogP contribution in [0.25, 0.3) is 0 Å². The molecule has 0 saturated carbocycles. The highest BCUT2D eigenvalue weighted by atomic mass is 16.2. The Bertz CT molecular complexity index is 930. The summed E-state index contributed by atoms with van der Waals surface area (Å²) >= 11 is 0. The van der Waals surface area contributed by atoms with Gasteiger partial charge in [0, 0.05) is 36.6 Å². The number of nitrogens with zero attached hydrogens (tertiary/aromatic N) is 3. The van der Waals surface area contributed by atoms with Crippen LogP contribution in [0.5, 0.6) is 0 Å². The fraction of sp³-hybridized carbons (Fsp3) is 0.105. The van der Waals surface area contributed by atoms with Gasteiger partial charge in [-0.3, -0.25) is 9.59 Å². The molecule has 9 heteroatoms. The van der Waals surface area contributed by atoms with Gasteiger partial charge < -0.3 is 21.3 Å². The minimum absolute atomic E-state index is 0.145. The number of carbonyl (C=O) groups excluding carboxylic acids is 2. The van der Waals surface area contributed by atoms with E-state index in [1.54, 1.807) is 30.3 Å². The van der Waals surface area contributed by atoms with Crippen LogP contribution in [-0.2, 0) is 9.59 Å². The lowest BCUT2D eigenvalue weighted by molar-refractivity contribution is -0.115. The number of rotatable bonds is 6. The molecule has 2 aromatic carbocycles. The van der Waals surface area contributed by atoms with Crippen LogP contribution in [0.3, 0.4) is 0 Å². The molecule has 0 aliphatic heterocycles. The van der Waals surface area contributed by atoms with E-state index in [0.29, 0.717) is 28.8 Å². The topological polar surface area (TPSA) is 121 Å². The van der Waals surface area contributed by atoms with Gasteiger partial charge in [-0.2, -0.15) is 10.1 Å². The Morgan fingerprint density at radius 3 is 1.89 bits per heavy atom. The van der Waals surface area contributed by atoms with Gasteiger partial charge in [-0.1, -0.05) is 12.1 Å². The normalized spacial score (nSPS) is 10.1. The first-order valence-electron chi connectivity index (χ1n) is 8.47. The molecule has 2 amide bonds. The molecule has 0 aliphatic rings. The number of hydrogen-bond acceptors (Lipinski definition) is 7. The van der Waals surface area contributed by atoms with Crippen molar-refractivity contribution >= 4 is 46.3 Å². The first-order valence-corrected chi connectivity index (χ1v) is 8.47. The summed E-state index contributed by atoms with van der Waals surface area (Å²) in [7, 11) is 0. The van der Waals surface area contributed by atoms with E-state index in [1.807, 2.05) is 18.2 Å². The van der Waals surface area contributed by atoms with Crippen LogP contribution in [0.1, 0.15) is 13.8 Å². The van der Waals surface area contributed by atoms with Crippen LogP contribution in [0.4, 0.5) is 34.5 Å². The highest BCUT2D eigenvalue weighted by Crippen LogP contribution is 2.21. The molecule has 0 unspecified atom stereocenters. The molecule has 9 nitrogen and oxygen atoms in total. The Morgan fingerprint density at radius 2 is 1.32 bits per heavy atom. The standard InChI is InChI=1S/C19H19N7O2/c1-12(27)21-14-5-3-7-16(9-14)23-18-11-20-26-19(25-18)24-17-8-4-6-15(10-17)22-13(2)28/h3-11H,1-2H3,(H,21,27)(H,22,28)(H2,23,24,25,26). The van der Waals surface area contributed by atoms with E-state index in [2.05, 4.69) is 36.4 Å². The number of anilines is 6. The van der Waals surface area contributed by atoms with Gasteiger partial charge in [0.05, 0.1) is 6.20 Å². The van der Waals surface area contributed by atoms with Crippen LogP contribution in [-0.4, -0.2) is 27.0 Å². The number of amides is 2. The molecule has 3 rings (SSSR count). The molecule has 0 atom stereocenters. The summed E-state index contributed by atoms with van der Waals surface area (Å²) in [6, 6.07) is 14.4. The van der Waals surface area contributed by atoms with Crippen molar-refractivity contribution in [2.45, 2.75) is 13.8 Å². The van der Waals surface area contributed by atoms with E-state index in [0.717, 1.165) is 5.69 Å². The van der Waals surface area contributed by atoms with Crippen LogP contribution in [0.2, 0.25) is 0 Å². The lowest BCUT2D eigenvalue weighted by Gasteiger charge is -2.10. The molecule has 0 radical (unpaired) electrons. The zero-order valence-corrected chi connectivity index (χ0v) is 15.4. The second-order valence-corrected chi connectivity index (χ2v) is 5.94. The molecule has 142 valence electrons. The average molecular weight is 377 g/mol. The third kappa shape index (κ3) is 5.49. The van der Waals surface area contributed by atoms with E-state index in [9.17, 15) is 9.59 Å². The lowest BCUT2D eigenvalue weighted by Crippen LogP contribution is -2.07. The summed E-state index contributed by atoms with van der Waals surface area (Å²) in [5.74, 6) is 0.482. The largest absolute Gasteiger partial charge is 0.339 e. The molecule has 4 N–H and O–H groups in total. The van der Waals surface area contributed by atoms with Crippen molar-refractivity contribution in [3.8, 4) is 0 Å².